The lowest BCUT2D eigenvalue weighted by Crippen LogP contribution is -2.46. The van der Waals surface area contributed by atoms with Crippen molar-refractivity contribution in [3.05, 3.63) is 47.9 Å². The van der Waals surface area contributed by atoms with Gasteiger partial charge in [-0.3, -0.25) is 0 Å². The second-order valence-electron chi connectivity index (χ2n) is 6.85. The highest BCUT2D eigenvalue weighted by molar-refractivity contribution is 5.54. The number of hydrogen-bond acceptors (Lipinski definition) is 5. The van der Waals surface area contributed by atoms with E-state index in [0.29, 0.717) is 6.04 Å². The quantitative estimate of drug-likeness (QED) is 0.904. The molecule has 3 rings (SSSR count). The average molecular weight is 343 g/mol. The Morgan fingerprint density at radius 1 is 1.32 bits per heavy atom. The topological polar surface area (TPSA) is 44.3 Å². The lowest BCUT2D eigenvalue weighted by molar-refractivity contribution is 0.387. The Morgan fingerprint density at radius 2 is 2.16 bits per heavy atom. The van der Waals surface area contributed by atoms with E-state index in [-0.39, 0.29) is 11.9 Å². The monoisotopic (exact) mass is 343 g/mol. The minimum atomic E-state index is -0.203. The van der Waals surface area contributed by atoms with E-state index >= 15 is 0 Å². The second kappa shape index (κ2) is 7.78. The molecule has 0 spiro atoms. The number of halogens is 1. The number of piperidine rings is 1. The number of rotatable bonds is 5. The van der Waals surface area contributed by atoms with Gasteiger partial charge in [-0.2, -0.15) is 5.10 Å². The van der Waals surface area contributed by atoms with E-state index < -0.39 is 0 Å². The van der Waals surface area contributed by atoms with Gasteiger partial charge < -0.3 is 15.1 Å². The molecule has 1 N–H and O–H groups in total. The maximum Gasteiger partial charge on any atom is 0.151 e. The molecule has 5 nitrogen and oxygen atoms in total. The van der Waals surface area contributed by atoms with Crippen LogP contribution in [0.25, 0.3) is 0 Å². The first-order valence-corrected chi connectivity index (χ1v) is 8.80. The summed E-state index contributed by atoms with van der Waals surface area (Å²) in [6.07, 6.45) is 3.94. The molecular formula is C19H26FN5. The zero-order valence-electron chi connectivity index (χ0n) is 15.1. The Balaban J connectivity index is 1.70. The molecule has 25 heavy (non-hydrogen) atoms. The molecule has 134 valence electrons. The second-order valence-corrected chi connectivity index (χ2v) is 6.85. The summed E-state index contributed by atoms with van der Waals surface area (Å²) in [6.45, 7) is 4.05. The van der Waals surface area contributed by atoms with Crippen molar-refractivity contribution in [2.75, 3.05) is 37.0 Å². The number of nitrogens with one attached hydrogen (secondary N) is 1. The Labute approximate surface area is 148 Å². The van der Waals surface area contributed by atoms with Crippen LogP contribution in [0.3, 0.4) is 0 Å². The number of nitrogens with zero attached hydrogens (tertiary/aromatic N) is 4. The first kappa shape index (κ1) is 17.6. The molecule has 0 aliphatic carbocycles. The Hall–Kier alpha value is -2.21. The summed E-state index contributed by atoms with van der Waals surface area (Å²) in [5.41, 5.74) is 2.03. The standard InChI is InChI=1S/C19H26FN5/c1-14(17-9-8-15(20)12-18(17)24(2)3)22-16-6-5-11-25(13-16)19-7-4-10-21-23-19/h4,7-10,12,14,16,22H,5-6,11,13H2,1-3H3. The summed E-state index contributed by atoms with van der Waals surface area (Å²) in [5, 5.41) is 11.9. The van der Waals surface area contributed by atoms with E-state index in [9.17, 15) is 4.39 Å². The fourth-order valence-electron chi connectivity index (χ4n) is 3.50. The highest BCUT2D eigenvalue weighted by atomic mass is 19.1. The van der Waals surface area contributed by atoms with Crippen LogP contribution in [0.15, 0.2) is 36.5 Å². The van der Waals surface area contributed by atoms with Crippen LogP contribution in [-0.2, 0) is 0 Å². The van der Waals surface area contributed by atoms with Gasteiger partial charge in [-0.1, -0.05) is 6.07 Å². The van der Waals surface area contributed by atoms with Gasteiger partial charge in [-0.05, 0) is 49.6 Å². The van der Waals surface area contributed by atoms with Crippen LogP contribution in [0.2, 0.25) is 0 Å². The highest BCUT2D eigenvalue weighted by Crippen LogP contribution is 2.27. The third-order valence-corrected chi connectivity index (χ3v) is 4.73. The Kier molecular flexibility index (Phi) is 5.48. The molecule has 1 aromatic carbocycles. The molecule has 2 heterocycles. The van der Waals surface area contributed by atoms with Crippen molar-refractivity contribution in [1.82, 2.24) is 15.5 Å². The van der Waals surface area contributed by atoms with Crippen LogP contribution in [-0.4, -0.2) is 43.4 Å². The van der Waals surface area contributed by atoms with Gasteiger partial charge in [0.15, 0.2) is 5.82 Å². The van der Waals surface area contributed by atoms with E-state index in [1.165, 1.54) is 6.07 Å². The summed E-state index contributed by atoms with van der Waals surface area (Å²) in [6, 6.07) is 9.45. The Morgan fingerprint density at radius 3 is 2.88 bits per heavy atom. The molecule has 1 fully saturated rings. The number of anilines is 2. The van der Waals surface area contributed by atoms with E-state index in [4.69, 9.17) is 0 Å². The normalized spacial score (nSPS) is 18.9. The van der Waals surface area contributed by atoms with E-state index in [1.807, 2.05) is 37.2 Å². The van der Waals surface area contributed by atoms with Crippen LogP contribution in [0.5, 0.6) is 0 Å². The van der Waals surface area contributed by atoms with Gasteiger partial charge in [0.2, 0.25) is 0 Å². The highest BCUT2D eigenvalue weighted by Gasteiger charge is 2.23. The lowest BCUT2D eigenvalue weighted by Gasteiger charge is -2.35. The molecule has 2 unspecified atom stereocenters. The van der Waals surface area contributed by atoms with Crippen LogP contribution in [0.1, 0.15) is 31.4 Å². The molecule has 1 aliphatic heterocycles. The van der Waals surface area contributed by atoms with Crippen LogP contribution >= 0.6 is 0 Å². The predicted octanol–water partition coefficient (Wildman–Crippen LogP) is 3.00. The number of hydrogen-bond donors (Lipinski definition) is 1. The molecule has 0 bridgehead atoms. The largest absolute Gasteiger partial charge is 0.377 e. The average Bonchev–Trinajstić information content (AvgIpc) is 2.62. The van der Waals surface area contributed by atoms with Crippen molar-refractivity contribution in [2.24, 2.45) is 0 Å². The van der Waals surface area contributed by atoms with Crippen molar-refractivity contribution in [3.63, 3.8) is 0 Å². The maximum absolute atomic E-state index is 13.6. The molecule has 0 amide bonds. The van der Waals surface area contributed by atoms with Gasteiger partial charge in [-0.15, -0.1) is 5.10 Å². The first-order valence-electron chi connectivity index (χ1n) is 8.80. The fourth-order valence-corrected chi connectivity index (χ4v) is 3.50. The first-order chi connectivity index (χ1) is 12.0. The van der Waals surface area contributed by atoms with Crippen LogP contribution < -0.4 is 15.1 Å². The number of benzene rings is 1. The molecule has 0 radical (unpaired) electrons. The zero-order valence-corrected chi connectivity index (χ0v) is 15.1. The summed E-state index contributed by atoms with van der Waals surface area (Å²) in [5.74, 6) is 0.726. The van der Waals surface area contributed by atoms with Gasteiger partial charge in [0.1, 0.15) is 5.82 Å². The van der Waals surface area contributed by atoms with Gasteiger partial charge in [0, 0.05) is 51.2 Å². The minimum absolute atomic E-state index is 0.143. The van der Waals surface area contributed by atoms with E-state index in [1.54, 1.807) is 12.3 Å². The number of aromatic nitrogens is 2. The third kappa shape index (κ3) is 4.25. The van der Waals surface area contributed by atoms with Crippen molar-refractivity contribution >= 4 is 11.5 Å². The van der Waals surface area contributed by atoms with E-state index in [0.717, 1.165) is 43.0 Å². The predicted molar refractivity (Wildman–Crippen MR) is 99.5 cm³/mol. The molecular weight excluding hydrogens is 317 g/mol. The van der Waals surface area contributed by atoms with Crippen molar-refractivity contribution in [2.45, 2.75) is 31.8 Å². The van der Waals surface area contributed by atoms with Crippen molar-refractivity contribution in [3.8, 4) is 0 Å². The van der Waals surface area contributed by atoms with Gasteiger partial charge in [0.25, 0.3) is 0 Å². The minimum Gasteiger partial charge on any atom is -0.377 e. The molecule has 1 aromatic heterocycles. The summed E-state index contributed by atoms with van der Waals surface area (Å²) < 4.78 is 13.6. The van der Waals surface area contributed by atoms with Crippen molar-refractivity contribution in [1.29, 1.82) is 0 Å². The lowest BCUT2D eigenvalue weighted by atomic mass is 10.0. The Bertz CT molecular complexity index is 691. The fraction of sp³-hybridized carbons (Fsp3) is 0.474. The summed E-state index contributed by atoms with van der Waals surface area (Å²) in [7, 11) is 3.89. The summed E-state index contributed by atoms with van der Waals surface area (Å²) >= 11 is 0. The van der Waals surface area contributed by atoms with Crippen LogP contribution in [0.4, 0.5) is 15.9 Å². The maximum atomic E-state index is 13.6. The molecule has 0 saturated carbocycles. The SMILES string of the molecule is CC(NC1CCCN(c2cccnn2)C1)c1ccc(F)cc1N(C)C. The van der Waals surface area contributed by atoms with E-state index in [2.05, 4.69) is 27.3 Å². The smallest absolute Gasteiger partial charge is 0.151 e. The zero-order chi connectivity index (χ0) is 17.8. The molecule has 1 saturated heterocycles. The molecule has 2 aromatic rings. The molecule has 1 aliphatic rings. The van der Waals surface area contributed by atoms with Gasteiger partial charge in [0.05, 0.1) is 0 Å². The summed E-state index contributed by atoms with van der Waals surface area (Å²) in [4.78, 5) is 4.24. The third-order valence-electron chi connectivity index (χ3n) is 4.73. The van der Waals surface area contributed by atoms with Crippen molar-refractivity contribution < 1.29 is 4.39 Å². The van der Waals surface area contributed by atoms with Crippen LogP contribution in [0, 0.1) is 5.82 Å². The molecule has 2 atom stereocenters. The molecule has 6 heteroatoms. The van der Waals surface area contributed by atoms with Gasteiger partial charge in [-0.25, -0.2) is 4.39 Å². The van der Waals surface area contributed by atoms with Gasteiger partial charge >= 0.3 is 0 Å².